The smallest absolute Gasteiger partial charge is 0.119 e. The van der Waals surface area contributed by atoms with Crippen molar-refractivity contribution in [2.75, 3.05) is 13.2 Å². The van der Waals surface area contributed by atoms with Crippen LogP contribution in [0.3, 0.4) is 0 Å². The van der Waals surface area contributed by atoms with Gasteiger partial charge in [-0.1, -0.05) is 75.6 Å². The van der Waals surface area contributed by atoms with Gasteiger partial charge in [-0.25, -0.2) is 0 Å². The molecular formula is C26H38O4. The number of aliphatic hydroxyl groups excluding tert-OH is 2. The van der Waals surface area contributed by atoms with Crippen LogP contribution in [-0.4, -0.2) is 23.4 Å². The molecule has 0 saturated heterocycles. The Morgan fingerprint density at radius 1 is 0.433 bits per heavy atom. The molecule has 2 rings (SSSR count). The predicted molar refractivity (Wildman–Crippen MR) is 122 cm³/mol. The minimum absolute atomic E-state index is 0.0797. The van der Waals surface area contributed by atoms with Crippen LogP contribution in [0.1, 0.15) is 75.3 Å². The van der Waals surface area contributed by atoms with Gasteiger partial charge < -0.3 is 19.7 Å². The van der Waals surface area contributed by atoms with Crippen molar-refractivity contribution in [3.8, 4) is 11.5 Å². The molecule has 2 N–H and O–H groups in total. The van der Waals surface area contributed by atoms with Crippen molar-refractivity contribution >= 4 is 0 Å². The van der Waals surface area contributed by atoms with Gasteiger partial charge in [0, 0.05) is 0 Å². The molecule has 0 saturated carbocycles. The lowest BCUT2D eigenvalue weighted by atomic mass is 10.1. The molecule has 0 atom stereocenters. The second kappa shape index (κ2) is 15.8. The summed E-state index contributed by atoms with van der Waals surface area (Å²) >= 11 is 0. The second-order valence-electron chi connectivity index (χ2n) is 7.84. The first-order valence-corrected chi connectivity index (χ1v) is 11.5. The Morgan fingerprint density at radius 3 is 1.03 bits per heavy atom. The normalized spacial score (nSPS) is 10.9. The van der Waals surface area contributed by atoms with Gasteiger partial charge >= 0.3 is 0 Å². The molecule has 0 radical (unpaired) electrons. The molecule has 0 unspecified atom stereocenters. The summed E-state index contributed by atoms with van der Waals surface area (Å²) in [5.74, 6) is 1.77. The summed E-state index contributed by atoms with van der Waals surface area (Å²) in [6.45, 7) is 1.70. The second-order valence-corrected chi connectivity index (χ2v) is 7.84. The molecule has 0 amide bonds. The van der Waals surface area contributed by atoms with E-state index in [0.29, 0.717) is 0 Å². The van der Waals surface area contributed by atoms with E-state index in [0.717, 1.165) is 48.7 Å². The summed E-state index contributed by atoms with van der Waals surface area (Å²) in [7, 11) is 0. The Balaban J connectivity index is 1.32. The van der Waals surface area contributed by atoms with Gasteiger partial charge in [0.25, 0.3) is 0 Å². The Hall–Kier alpha value is -2.04. The lowest BCUT2D eigenvalue weighted by Crippen LogP contribution is -1.97. The maximum Gasteiger partial charge on any atom is 0.119 e. The van der Waals surface area contributed by atoms with Crippen molar-refractivity contribution in [3.63, 3.8) is 0 Å². The van der Waals surface area contributed by atoms with E-state index in [9.17, 15) is 0 Å². The van der Waals surface area contributed by atoms with Gasteiger partial charge in [0.2, 0.25) is 0 Å². The molecule has 0 spiro atoms. The zero-order valence-electron chi connectivity index (χ0n) is 18.2. The van der Waals surface area contributed by atoms with Gasteiger partial charge in [-0.15, -0.1) is 0 Å². The average Bonchev–Trinajstić information content (AvgIpc) is 2.80. The van der Waals surface area contributed by atoms with E-state index in [-0.39, 0.29) is 13.2 Å². The molecule has 0 bridgehead atoms. The highest BCUT2D eigenvalue weighted by Gasteiger charge is 1.98. The molecule has 4 nitrogen and oxygen atoms in total. The van der Waals surface area contributed by atoms with E-state index < -0.39 is 0 Å². The summed E-state index contributed by atoms with van der Waals surface area (Å²) in [6, 6.07) is 15.3. The van der Waals surface area contributed by atoms with E-state index in [1.807, 2.05) is 48.5 Å². The lowest BCUT2D eigenvalue weighted by molar-refractivity contribution is 0.280. The van der Waals surface area contributed by atoms with Crippen LogP contribution in [0.25, 0.3) is 0 Å². The molecule has 4 heteroatoms. The van der Waals surface area contributed by atoms with Gasteiger partial charge in [0.05, 0.1) is 26.4 Å². The number of aliphatic hydroxyl groups is 2. The van der Waals surface area contributed by atoms with E-state index in [4.69, 9.17) is 19.7 Å². The first kappa shape index (κ1) is 24.2. The number of ether oxygens (including phenoxy) is 2. The zero-order chi connectivity index (χ0) is 21.3. The van der Waals surface area contributed by atoms with Gasteiger partial charge in [0.1, 0.15) is 11.5 Å². The third-order valence-corrected chi connectivity index (χ3v) is 5.29. The number of benzene rings is 2. The van der Waals surface area contributed by atoms with Crippen LogP contribution in [0, 0.1) is 0 Å². The SMILES string of the molecule is OCc1ccc(OCCCCCCCCCCCCOc2ccc(CO)cc2)cc1. The topological polar surface area (TPSA) is 58.9 Å². The largest absolute Gasteiger partial charge is 0.494 e. The summed E-state index contributed by atoms with van der Waals surface area (Å²) in [5, 5.41) is 18.1. The molecule has 0 aliphatic heterocycles. The summed E-state index contributed by atoms with van der Waals surface area (Å²) < 4.78 is 11.5. The third kappa shape index (κ3) is 10.7. The Morgan fingerprint density at radius 2 is 0.733 bits per heavy atom. The summed E-state index contributed by atoms with van der Waals surface area (Å²) in [6.07, 6.45) is 12.5. The van der Waals surface area contributed by atoms with Gasteiger partial charge in [0.15, 0.2) is 0 Å². The molecule has 0 heterocycles. The van der Waals surface area contributed by atoms with Crippen LogP contribution in [0.5, 0.6) is 11.5 Å². The summed E-state index contributed by atoms with van der Waals surface area (Å²) in [4.78, 5) is 0. The Kier molecular flexibility index (Phi) is 12.7. The fraction of sp³-hybridized carbons (Fsp3) is 0.538. The molecule has 2 aromatic carbocycles. The van der Waals surface area contributed by atoms with Crippen molar-refractivity contribution in [1.29, 1.82) is 0 Å². The molecule has 0 aliphatic carbocycles. The standard InChI is InChI=1S/C26H38O4/c27-21-23-11-15-25(16-12-23)29-19-9-7-5-3-1-2-4-6-8-10-20-30-26-17-13-24(22-28)14-18-26/h11-18,27-28H,1-10,19-22H2. The highest BCUT2D eigenvalue weighted by atomic mass is 16.5. The van der Waals surface area contributed by atoms with Crippen molar-refractivity contribution in [1.82, 2.24) is 0 Å². The Labute approximate surface area is 181 Å². The maximum atomic E-state index is 9.03. The van der Waals surface area contributed by atoms with Crippen LogP contribution in [0.4, 0.5) is 0 Å². The first-order chi connectivity index (χ1) is 14.8. The van der Waals surface area contributed by atoms with Gasteiger partial charge in [-0.3, -0.25) is 0 Å². The highest BCUT2D eigenvalue weighted by molar-refractivity contribution is 5.27. The third-order valence-electron chi connectivity index (χ3n) is 5.29. The highest BCUT2D eigenvalue weighted by Crippen LogP contribution is 2.15. The monoisotopic (exact) mass is 414 g/mol. The molecule has 2 aromatic rings. The molecule has 0 fully saturated rings. The van der Waals surface area contributed by atoms with E-state index in [2.05, 4.69) is 0 Å². The Bertz CT molecular complexity index is 592. The van der Waals surface area contributed by atoms with E-state index in [1.165, 1.54) is 51.4 Å². The number of hydrogen-bond acceptors (Lipinski definition) is 4. The fourth-order valence-corrected chi connectivity index (χ4v) is 3.38. The quantitative estimate of drug-likeness (QED) is 0.310. The first-order valence-electron chi connectivity index (χ1n) is 11.5. The number of rotatable bonds is 17. The maximum absolute atomic E-state index is 9.03. The minimum Gasteiger partial charge on any atom is -0.494 e. The van der Waals surface area contributed by atoms with Crippen molar-refractivity contribution in [2.24, 2.45) is 0 Å². The van der Waals surface area contributed by atoms with Crippen molar-refractivity contribution < 1.29 is 19.7 Å². The molecular weight excluding hydrogens is 376 g/mol. The van der Waals surface area contributed by atoms with Gasteiger partial charge in [-0.05, 0) is 48.2 Å². The zero-order valence-corrected chi connectivity index (χ0v) is 18.2. The fourth-order valence-electron chi connectivity index (χ4n) is 3.38. The van der Waals surface area contributed by atoms with Crippen LogP contribution < -0.4 is 9.47 Å². The van der Waals surface area contributed by atoms with E-state index >= 15 is 0 Å². The molecule has 166 valence electrons. The minimum atomic E-state index is 0.0797. The lowest BCUT2D eigenvalue weighted by Gasteiger charge is -2.07. The van der Waals surface area contributed by atoms with Crippen LogP contribution in [0.15, 0.2) is 48.5 Å². The predicted octanol–water partition coefficient (Wildman–Crippen LogP) is 6.03. The molecule has 0 aliphatic rings. The van der Waals surface area contributed by atoms with Gasteiger partial charge in [-0.2, -0.15) is 0 Å². The average molecular weight is 415 g/mol. The van der Waals surface area contributed by atoms with Crippen LogP contribution in [0.2, 0.25) is 0 Å². The number of hydrogen-bond donors (Lipinski definition) is 2. The van der Waals surface area contributed by atoms with Crippen LogP contribution >= 0.6 is 0 Å². The van der Waals surface area contributed by atoms with Crippen LogP contribution in [-0.2, 0) is 13.2 Å². The van der Waals surface area contributed by atoms with Crippen molar-refractivity contribution in [2.45, 2.75) is 77.4 Å². The summed E-state index contributed by atoms with van der Waals surface area (Å²) in [5.41, 5.74) is 1.83. The molecule has 30 heavy (non-hydrogen) atoms. The van der Waals surface area contributed by atoms with E-state index in [1.54, 1.807) is 0 Å². The molecule has 0 aromatic heterocycles. The number of unbranched alkanes of at least 4 members (excludes halogenated alkanes) is 9. The van der Waals surface area contributed by atoms with Crippen molar-refractivity contribution in [3.05, 3.63) is 59.7 Å².